The molecule has 0 unspecified atom stereocenters. The maximum atomic E-state index is 14.3. The van der Waals surface area contributed by atoms with Gasteiger partial charge in [-0.25, -0.2) is 18.9 Å². The van der Waals surface area contributed by atoms with Gasteiger partial charge in [0, 0.05) is 18.7 Å². The minimum absolute atomic E-state index is 0.0284. The van der Waals surface area contributed by atoms with Gasteiger partial charge in [0.1, 0.15) is 17.1 Å². The van der Waals surface area contributed by atoms with Crippen molar-refractivity contribution in [2.45, 2.75) is 6.92 Å². The Balaban J connectivity index is 2.08. The van der Waals surface area contributed by atoms with E-state index in [-0.39, 0.29) is 22.8 Å². The Morgan fingerprint density at radius 3 is 2.64 bits per heavy atom. The topological polar surface area (TPSA) is 92.5 Å². The third kappa shape index (κ3) is 4.01. The number of hydrogen-bond acceptors (Lipinski definition) is 7. The van der Waals surface area contributed by atoms with Gasteiger partial charge in [0.05, 0.1) is 5.69 Å². The van der Waals surface area contributed by atoms with Crippen LogP contribution in [0.5, 0.6) is 5.88 Å². The van der Waals surface area contributed by atoms with Crippen LogP contribution in [0, 0.1) is 11.8 Å². The normalized spacial score (nSPS) is 10.5. The maximum absolute atomic E-state index is 14.3. The van der Waals surface area contributed by atoms with Crippen LogP contribution in [-0.2, 0) is 14.6 Å². The number of carbonyl (C=O) groups is 2. The van der Waals surface area contributed by atoms with E-state index in [0.717, 1.165) is 17.7 Å². The number of benzene rings is 1. The van der Waals surface area contributed by atoms with Crippen LogP contribution in [0.25, 0.3) is 16.9 Å². The van der Waals surface area contributed by atoms with Crippen LogP contribution in [0.3, 0.4) is 0 Å². The molecule has 0 aliphatic rings. The lowest BCUT2D eigenvalue weighted by Gasteiger charge is -2.08. The first kappa shape index (κ1) is 19.1. The zero-order valence-electron chi connectivity index (χ0n) is 14.5. The molecule has 0 aliphatic carbocycles. The second-order valence-corrected chi connectivity index (χ2v) is 5.37. The zero-order valence-corrected chi connectivity index (χ0v) is 14.5. The first-order valence-electron chi connectivity index (χ1n) is 7.89. The van der Waals surface area contributed by atoms with E-state index in [9.17, 15) is 18.4 Å². The highest BCUT2D eigenvalue weighted by atomic mass is 19.1. The average Bonchev–Trinajstić information content (AvgIpc) is 3.04. The Kier molecular flexibility index (Phi) is 5.70. The van der Waals surface area contributed by atoms with Gasteiger partial charge in [-0.2, -0.15) is 4.39 Å². The van der Waals surface area contributed by atoms with E-state index in [4.69, 9.17) is 4.74 Å². The van der Waals surface area contributed by atoms with Crippen LogP contribution < -0.4 is 4.74 Å². The highest BCUT2D eigenvalue weighted by Crippen LogP contribution is 2.32. The van der Waals surface area contributed by atoms with E-state index in [0.29, 0.717) is 11.8 Å². The molecule has 10 heteroatoms. The first-order valence-corrected chi connectivity index (χ1v) is 7.89. The number of aldehydes is 1. The van der Waals surface area contributed by atoms with Gasteiger partial charge in [-0.3, -0.25) is 9.68 Å². The number of pyridine rings is 1. The fraction of sp³-hybridized carbons (Fsp3) is 0.111. The number of rotatable bonds is 7. The van der Waals surface area contributed by atoms with Crippen LogP contribution in [0.1, 0.15) is 17.3 Å². The molecule has 0 fully saturated rings. The third-order valence-corrected chi connectivity index (χ3v) is 3.51. The lowest BCUT2D eigenvalue weighted by atomic mass is 10.1. The average molecular weight is 389 g/mol. The predicted octanol–water partition coefficient (Wildman–Crippen LogP) is 2.86. The molecule has 2 heterocycles. The SMILES string of the molecule is CC(=O)OOCOc1nn(-c2ccccc2F)c(-c2ccc(F)nc2)c1C=O. The highest BCUT2D eigenvalue weighted by molar-refractivity contribution is 5.89. The van der Waals surface area contributed by atoms with Gasteiger partial charge < -0.3 is 4.74 Å². The Morgan fingerprint density at radius 1 is 1.21 bits per heavy atom. The molecule has 0 radical (unpaired) electrons. The Morgan fingerprint density at radius 2 is 2.00 bits per heavy atom. The lowest BCUT2D eigenvalue weighted by molar-refractivity contribution is -0.296. The van der Waals surface area contributed by atoms with E-state index in [1.165, 1.54) is 30.5 Å². The molecular formula is C18H13F2N3O5. The highest BCUT2D eigenvalue weighted by Gasteiger charge is 2.23. The maximum Gasteiger partial charge on any atom is 0.339 e. The second kappa shape index (κ2) is 8.35. The smallest absolute Gasteiger partial charge is 0.339 e. The molecule has 0 atom stereocenters. The number of carbonyl (C=O) groups excluding carboxylic acids is 2. The van der Waals surface area contributed by atoms with Gasteiger partial charge in [0.15, 0.2) is 6.29 Å². The molecule has 3 aromatic rings. The Hall–Kier alpha value is -3.66. The van der Waals surface area contributed by atoms with Gasteiger partial charge in [-0.05, 0) is 24.3 Å². The van der Waals surface area contributed by atoms with Gasteiger partial charge in [-0.1, -0.05) is 12.1 Å². The van der Waals surface area contributed by atoms with Crippen molar-refractivity contribution in [1.29, 1.82) is 0 Å². The van der Waals surface area contributed by atoms with Crippen molar-refractivity contribution in [2.24, 2.45) is 0 Å². The largest absolute Gasteiger partial charge is 0.445 e. The van der Waals surface area contributed by atoms with E-state index >= 15 is 0 Å². The molecule has 3 rings (SSSR count). The van der Waals surface area contributed by atoms with Crippen LogP contribution in [0.4, 0.5) is 8.78 Å². The summed E-state index contributed by atoms with van der Waals surface area (Å²) in [6.45, 7) is 0.569. The number of hydrogen-bond donors (Lipinski definition) is 0. The number of aromatic nitrogens is 3. The summed E-state index contributed by atoms with van der Waals surface area (Å²) in [5, 5.41) is 4.11. The van der Waals surface area contributed by atoms with Gasteiger partial charge in [0.2, 0.25) is 18.6 Å². The summed E-state index contributed by atoms with van der Waals surface area (Å²) in [4.78, 5) is 34.8. The second-order valence-electron chi connectivity index (χ2n) is 5.37. The summed E-state index contributed by atoms with van der Waals surface area (Å²) < 4.78 is 33.9. The minimum Gasteiger partial charge on any atom is -0.445 e. The monoisotopic (exact) mass is 389 g/mol. The molecule has 0 saturated carbocycles. The summed E-state index contributed by atoms with van der Waals surface area (Å²) in [6, 6.07) is 8.19. The van der Waals surface area contributed by atoms with E-state index in [1.54, 1.807) is 6.07 Å². The molecule has 144 valence electrons. The summed E-state index contributed by atoms with van der Waals surface area (Å²) in [5.41, 5.74) is 0.411. The van der Waals surface area contributed by atoms with E-state index < -0.39 is 24.5 Å². The summed E-state index contributed by atoms with van der Waals surface area (Å²) in [6.07, 6.45) is 1.63. The van der Waals surface area contributed by atoms with Gasteiger partial charge in [-0.15, -0.1) is 9.99 Å². The first-order chi connectivity index (χ1) is 13.5. The molecule has 0 saturated heterocycles. The van der Waals surface area contributed by atoms with Crippen molar-refractivity contribution < 1.29 is 32.9 Å². The van der Waals surface area contributed by atoms with Gasteiger partial charge >= 0.3 is 5.97 Å². The van der Waals surface area contributed by atoms with Crippen LogP contribution in [-0.4, -0.2) is 33.8 Å². The van der Waals surface area contributed by atoms with Crippen molar-refractivity contribution in [3.05, 3.63) is 59.9 Å². The van der Waals surface area contributed by atoms with Gasteiger partial charge in [0.25, 0.3) is 0 Å². The molecule has 0 bridgehead atoms. The summed E-state index contributed by atoms with van der Waals surface area (Å²) >= 11 is 0. The molecule has 28 heavy (non-hydrogen) atoms. The number of nitrogens with zero attached hydrogens (tertiary/aromatic N) is 3. The number of ether oxygens (including phenoxy) is 1. The van der Waals surface area contributed by atoms with E-state index in [2.05, 4.69) is 19.9 Å². The number of para-hydroxylation sites is 1. The zero-order chi connectivity index (χ0) is 20.1. The van der Waals surface area contributed by atoms with Crippen molar-refractivity contribution >= 4 is 12.3 Å². The van der Waals surface area contributed by atoms with Crippen LogP contribution in [0.2, 0.25) is 0 Å². The molecular weight excluding hydrogens is 376 g/mol. The molecule has 0 amide bonds. The molecule has 0 N–H and O–H groups in total. The molecule has 0 spiro atoms. The van der Waals surface area contributed by atoms with Crippen LogP contribution in [0.15, 0.2) is 42.6 Å². The summed E-state index contributed by atoms with van der Waals surface area (Å²) in [7, 11) is 0. The Labute approximate surface area is 157 Å². The quantitative estimate of drug-likeness (QED) is 0.153. The minimum atomic E-state index is -0.723. The Bertz CT molecular complexity index is 1000. The van der Waals surface area contributed by atoms with Crippen molar-refractivity contribution in [2.75, 3.05) is 6.79 Å². The van der Waals surface area contributed by atoms with Crippen LogP contribution >= 0.6 is 0 Å². The lowest BCUT2D eigenvalue weighted by Crippen LogP contribution is -2.08. The standard InChI is InChI=1S/C18H13F2N3O5/c1-11(25)28-27-10-26-18-13(9-24)17(12-6-7-16(20)21-8-12)23(22-18)15-5-3-2-4-14(15)19/h2-9H,10H2,1H3. The van der Waals surface area contributed by atoms with Crippen molar-refractivity contribution in [3.8, 4) is 22.8 Å². The summed E-state index contributed by atoms with van der Waals surface area (Å²) in [5.74, 6) is -2.24. The molecule has 0 aliphatic heterocycles. The molecule has 8 nitrogen and oxygen atoms in total. The molecule has 1 aromatic carbocycles. The van der Waals surface area contributed by atoms with Crippen molar-refractivity contribution in [1.82, 2.24) is 14.8 Å². The predicted molar refractivity (Wildman–Crippen MR) is 90.4 cm³/mol. The third-order valence-electron chi connectivity index (χ3n) is 3.51. The van der Waals surface area contributed by atoms with Crippen molar-refractivity contribution in [3.63, 3.8) is 0 Å². The number of halogens is 2. The fourth-order valence-electron chi connectivity index (χ4n) is 2.40. The fourth-order valence-corrected chi connectivity index (χ4v) is 2.40. The van der Waals surface area contributed by atoms with E-state index in [1.807, 2.05) is 0 Å². The molecule has 2 aromatic heterocycles.